The Kier molecular flexibility index (Phi) is 4.97. The number of benzene rings is 1. The summed E-state index contributed by atoms with van der Waals surface area (Å²) in [7, 11) is 0. The smallest absolute Gasteiger partial charge is 0.244 e. The van der Waals surface area contributed by atoms with Gasteiger partial charge in [0, 0.05) is 16.5 Å². The zero-order valence-corrected chi connectivity index (χ0v) is 11.1. The molecule has 1 heterocycles. The maximum Gasteiger partial charge on any atom is 0.244 e. The largest absolute Gasteiger partial charge is 0.342 e. The highest BCUT2D eigenvalue weighted by atomic mass is 32.1. The lowest BCUT2D eigenvalue weighted by atomic mass is 10.2. The minimum Gasteiger partial charge on any atom is -0.342 e. The van der Waals surface area contributed by atoms with Crippen molar-refractivity contribution >= 4 is 23.3 Å². The van der Waals surface area contributed by atoms with Crippen molar-refractivity contribution in [1.29, 1.82) is 0 Å². The molecular formula is C16H13NOS. The van der Waals surface area contributed by atoms with Gasteiger partial charge in [-0.05, 0) is 29.7 Å². The van der Waals surface area contributed by atoms with Crippen LogP contribution in [0.5, 0.6) is 0 Å². The van der Waals surface area contributed by atoms with E-state index in [2.05, 4.69) is 17.2 Å². The third kappa shape index (κ3) is 4.82. The maximum atomic E-state index is 11.5. The minimum absolute atomic E-state index is 0.129. The molecule has 1 N–H and O–H groups in total. The molecule has 1 aromatic heterocycles. The molecule has 0 aliphatic heterocycles. The van der Waals surface area contributed by atoms with Gasteiger partial charge in [-0.25, -0.2) is 0 Å². The third-order valence-electron chi connectivity index (χ3n) is 2.30. The standard InChI is InChI=1S/C16H13NOS/c18-16(11-10-15-9-5-13-19-15)17-12-4-8-14-6-2-1-3-7-14/h1-3,5-7,9-11,13H,12H2,(H,17,18)/b11-10+. The summed E-state index contributed by atoms with van der Waals surface area (Å²) in [5.74, 6) is 5.77. The highest BCUT2D eigenvalue weighted by molar-refractivity contribution is 7.10. The number of carbonyl (C=O) groups is 1. The first kappa shape index (κ1) is 13.1. The quantitative estimate of drug-likeness (QED) is 0.672. The maximum absolute atomic E-state index is 11.5. The van der Waals surface area contributed by atoms with E-state index in [0.717, 1.165) is 10.4 Å². The topological polar surface area (TPSA) is 29.1 Å². The number of nitrogens with one attached hydrogen (secondary N) is 1. The van der Waals surface area contributed by atoms with Crippen LogP contribution in [0.25, 0.3) is 6.08 Å². The van der Waals surface area contributed by atoms with Crippen molar-refractivity contribution in [3.63, 3.8) is 0 Å². The van der Waals surface area contributed by atoms with Gasteiger partial charge in [-0.1, -0.05) is 36.1 Å². The molecule has 0 fully saturated rings. The van der Waals surface area contributed by atoms with Crippen LogP contribution in [0.15, 0.2) is 53.9 Å². The van der Waals surface area contributed by atoms with E-state index >= 15 is 0 Å². The van der Waals surface area contributed by atoms with Gasteiger partial charge in [0.1, 0.15) is 0 Å². The number of amides is 1. The fourth-order valence-corrected chi connectivity index (χ4v) is 2.02. The Balaban J connectivity index is 1.77. The molecule has 0 aliphatic carbocycles. The summed E-state index contributed by atoms with van der Waals surface area (Å²) >= 11 is 1.60. The SMILES string of the molecule is O=C(/C=C/c1cccs1)NCC#Cc1ccccc1. The van der Waals surface area contributed by atoms with Crippen molar-refractivity contribution in [1.82, 2.24) is 5.32 Å². The van der Waals surface area contributed by atoms with E-state index in [1.54, 1.807) is 17.4 Å². The van der Waals surface area contributed by atoms with Gasteiger partial charge in [-0.2, -0.15) is 0 Å². The highest BCUT2D eigenvalue weighted by Gasteiger charge is 1.92. The Morgan fingerprint density at radius 3 is 2.79 bits per heavy atom. The number of thiophene rings is 1. The summed E-state index contributed by atoms with van der Waals surface area (Å²) < 4.78 is 0. The molecule has 19 heavy (non-hydrogen) atoms. The van der Waals surface area contributed by atoms with Gasteiger partial charge in [0.15, 0.2) is 0 Å². The molecule has 94 valence electrons. The molecule has 1 amide bonds. The van der Waals surface area contributed by atoms with Crippen molar-refractivity contribution in [2.24, 2.45) is 0 Å². The van der Waals surface area contributed by atoms with Gasteiger partial charge in [0.25, 0.3) is 0 Å². The first-order valence-corrected chi connectivity index (χ1v) is 6.76. The Hall–Kier alpha value is -2.31. The lowest BCUT2D eigenvalue weighted by Crippen LogP contribution is -2.20. The Labute approximate surface area is 116 Å². The molecule has 1 aromatic carbocycles. The monoisotopic (exact) mass is 267 g/mol. The molecule has 0 bridgehead atoms. The summed E-state index contributed by atoms with van der Waals surface area (Å²) in [5.41, 5.74) is 0.950. The molecule has 2 nitrogen and oxygen atoms in total. The second kappa shape index (κ2) is 7.20. The molecule has 3 heteroatoms. The van der Waals surface area contributed by atoms with Crippen LogP contribution in [-0.4, -0.2) is 12.5 Å². The molecule has 2 aromatic rings. The Morgan fingerprint density at radius 2 is 2.05 bits per heavy atom. The van der Waals surface area contributed by atoms with Crippen LogP contribution in [0.2, 0.25) is 0 Å². The lowest BCUT2D eigenvalue weighted by molar-refractivity contribution is -0.116. The van der Waals surface area contributed by atoms with Gasteiger partial charge < -0.3 is 5.32 Å². The van der Waals surface area contributed by atoms with Gasteiger partial charge in [0.05, 0.1) is 6.54 Å². The van der Waals surface area contributed by atoms with Crippen LogP contribution >= 0.6 is 11.3 Å². The summed E-state index contributed by atoms with van der Waals surface area (Å²) in [6.07, 6.45) is 3.32. The van der Waals surface area contributed by atoms with Crippen LogP contribution in [0.1, 0.15) is 10.4 Å². The first-order valence-electron chi connectivity index (χ1n) is 5.88. The average Bonchev–Trinajstić information content (AvgIpc) is 2.96. The van der Waals surface area contributed by atoms with Crippen molar-refractivity contribution < 1.29 is 4.79 Å². The van der Waals surface area contributed by atoms with Crippen LogP contribution in [0, 0.1) is 11.8 Å². The number of hydrogen-bond donors (Lipinski definition) is 1. The molecule has 0 aliphatic rings. The molecular weight excluding hydrogens is 254 g/mol. The van der Waals surface area contributed by atoms with Crippen LogP contribution in [-0.2, 0) is 4.79 Å². The summed E-state index contributed by atoms with van der Waals surface area (Å²) in [4.78, 5) is 12.5. The van der Waals surface area contributed by atoms with E-state index in [1.165, 1.54) is 6.08 Å². The number of rotatable bonds is 3. The second-order valence-electron chi connectivity index (χ2n) is 3.73. The third-order valence-corrected chi connectivity index (χ3v) is 3.14. The summed E-state index contributed by atoms with van der Waals surface area (Å²) in [5, 5.41) is 4.70. The van der Waals surface area contributed by atoms with Crippen LogP contribution < -0.4 is 5.32 Å². The fraction of sp³-hybridized carbons (Fsp3) is 0.0625. The van der Waals surface area contributed by atoms with E-state index in [4.69, 9.17) is 0 Å². The normalized spacial score (nSPS) is 9.89. The van der Waals surface area contributed by atoms with E-state index in [-0.39, 0.29) is 5.91 Å². The second-order valence-corrected chi connectivity index (χ2v) is 4.71. The zero-order chi connectivity index (χ0) is 13.3. The molecule has 0 unspecified atom stereocenters. The van der Waals surface area contributed by atoms with Crippen LogP contribution in [0.4, 0.5) is 0 Å². The molecule has 2 rings (SSSR count). The van der Waals surface area contributed by atoms with Gasteiger partial charge in [-0.15, -0.1) is 11.3 Å². The summed E-state index contributed by atoms with van der Waals surface area (Å²) in [6.45, 7) is 0.350. The molecule has 0 atom stereocenters. The van der Waals surface area contributed by atoms with E-state index in [1.807, 2.05) is 47.8 Å². The van der Waals surface area contributed by atoms with Gasteiger partial charge in [0.2, 0.25) is 5.91 Å². The predicted octanol–water partition coefficient (Wildman–Crippen LogP) is 2.93. The van der Waals surface area contributed by atoms with Crippen molar-refractivity contribution in [3.8, 4) is 11.8 Å². The fourth-order valence-electron chi connectivity index (χ4n) is 1.40. The molecule has 0 saturated carbocycles. The average molecular weight is 267 g/mol. The summed E-state index contributed by atoms with van der Waals surface area (Å²) in [6, 6.07) is 13.6. The Morgan fingerprint density at radius 1 is 1.21 bits per heavy atom. The zero-order valence-electron chi connectivity index (χ0n) is 10.3. The Bertz CT molecular complexity index is 603. The van der Waals surface area contributed by atoms with E-state index < -0.39 is 0 Å². The molecule has 0 spiro atoms. The van der Waals surface area contributed by atoms with E-state index in [0.29, 0.717) is 6.54 Å². The van der Waals surface area contributed by atoms with Gasteiger partial charge >= 0.3 is 0 Å². The number of hydrogen-bond acceptors (Lipinski definition) is 2. The van der Waals surface area contributed by atoms with Crippen molar-refractivity contribution in [3.05, 3.63) is 64.4 Å². The first-order chi connectivity index (χ1) is 9.34. The van der Waals surface area contributed by atoms with Crippen molar-refractivity contribution in [2.45, 2.75) is 0 Å². The molecule has 0 radical (unpaired) electrons. The van der Waals surface area contributed by atoms with Crippen LogP contribution in [0.3, 0.4) is 0 Å². The molecule has 0 saturated heterocycles. The lowest BCUT2D eigenvalue weighted by Gasteiger charge is -1.94. The van der Waals surface area contributed by atoms with E-state index in [9.17, 15) is 4.79 Å². The predicted molar refractivity (Wildman–Crippen MR) is 79.7 cm³/mol. The number of carbonyl (C=O) groups excluding carboxylic acids is 1. The minimum atomic E-state index is -0.129. The van der Waals surface area contributed by atoms with Crippen molar-refractivity contribution in [2.75, 3.05) is 6.54 Å². The highest BCUT2D eigenvalue weighted by Crippen LogP contribution is 2.09. The van der Waals surface area contributed by atoms with Gasteiger partial charge in [-0.3, -0.25) is 4.79 Å².